The Morgan fingerprint density at radius 1 is 1.29 bits per heavy atom. The number of aryl methyl sites for hydroxylation is 1. The van der Waals surface area contributed by atoms with Gasteiger partial charge < -0.3 is 5.32 Å². The number of rotatable bonds is 3. The number of halogens is 2. The predicted octanol–water partition coefficient (Wildman–Crippen LogP) is 5.02. The molecule has 1 aromatic carbocycles. The summed E-state index contributed by atoms with van der Waals surface area (Å²) < 4.78 is 13.7. The van der Waals surface area contributed by atoms with Crippen LogP contribution in [-0.2, 0) is 0 Å². The standard InChI is InChI=1S/C13H13ClFNS/c1-8-7-10(15)3-4-11(8)16-9(2)12-5-6-13(14)17-12/h3-7,9,16H,1-2H3. The van der Waals surface area contributed by atoms with Gasteiger partial charge in [0.15, 0.2) is 0 Å². The molecule has 1 heterocycles. The third-order valence-corrected chi connectivity index (χ3v) is 4.00. The summed E-state index contributed by atoms with van der Waals surface area (Å²) in [7, 11) is 0. The molecule has 0 saturated carbocycles. The Bertz CT molecular complexity index is 524. The topological polar surface area (TPSA) is 12.0 Å². The minimum absolute atomic E-state index is 0.164. The van der Waals surface area contributed by atoms with Crippen LogP contribution in [0.5, 0.6) is 0 Å². The van der Waals surface area contributed by atoms with E-state index in [4.69, 9.17) is 11.6 Å². The lowest BCUT2D eigenvalue weighted by Gasteiger charge is -2.15. The van der Waals surface area contributed by atoms with E-state index >= 15 is 0 Å². The second kappa shape index (κ2) is 5.07. The van der Waals surface area contributed by atoms with E-state index in [2.05, 4.69) is 12.2 Å². The van der Waals surface area contributed by atoms with Gasteiger partial charge in [0.1, 0.15) is 5.82 Å². The van der Waals surface area contributed by atoms with Gasteiger partial charge in [0.05, 0.1) is 10.4 Å². The molecule has 0 aliphatic carbocycles. The first-order valence-electron chi connectivity index (χ1n) is 5.34. The molecule has 2 rings (SSSR count). The van der Waals surface area contributed by atoms with Crippen molar-refractivity contribution >= 4 is 28.6 Å². The van der Waals surface area contributed by atoms with Gasteiger partial charge in [-0.25, -0.2) is 4.39 Å². The predicted molar refractivity (Wildman–Crippen MR) is 72.5 cm³/mol. The summed E-state index contributed by atoms with van der Waals surface area (Å²) in [5.74, 6) is -0.208. The fourth-order valence-electron chi connectivity index (χ4n) is 1.65. The zero-order valence-corrected chi connectivity index (χ0v) is 11.2. The number of hydrogen-bond donors (Lipinski definition) is 1. The van der Waals surface area contributed by atoms with E-state index in [1.54, 1.807) is 17.4 Å². The van der Waals surface area contributed by atoms with E-state index in [1.807, 2.05) is 19.1 Å². The summed E-state index contributed by atoms with van der Waals surface area (Å²) in [5.41, 5.74) is 1.85. The minimum Gasteiger partial charge on any atom is -0.377 e. The lowest BCUT2D eigenvalue weighted by molar-refractivity contribution is 0.626. The molecule has 1 N–H and O–H groups in total. The van der Waals surface area contributed by atoms with Gasteiger partial charge >= 0.3 is 0 Å². The molecule has 4 heteroatoms. The van der Waals surface area contributed by atoms with Crippen molar-refractivity contribution in [1.29, 1.82) is 0 Å². The van der Waals surface area contributed by atoms with Crippen LogP contribution < -0.4 is 5.32 Å². The molecule has 17 heavy (non-hydrogen) atoms. The summed E-state index contributed by atoms with van der Waals surface area (Å²) in [6.45, 7) is 3.95. The van der Waals surface area contributed by atoms with Crippen LogP contribution in [0.3, 0.4) is 0 Å². The van der Waals surface area contributed by atoms with Gasteiger partial charge in [-0.1, -0.05) is 11.6 Å². The van der Waals surface area contributed by atoms with E-state index in [0.29, 0.717) is 0 Å². The molecule has 2 aromatic rings. The maximum Gasteiger partial charge on any atom is 0.123 e. The van der Waals surface area contributed by atoms with Crippen molar-refractivity contribution in [3.63, 3.8) is 0 Å². The molecule has 0 amide bonds. The SMILES string of the molecule is Cc1cc(F)ccc1NC(C)c1ccc(Cl)s1. The second-order valence-electron chi connectivity index (χ2n) is 3.97. The molecule has 1 aromatic heterocycles. The maximum absolute atomic E-state index is 13.0. The van der Waals surface area contributed by atoms with E-state index in [0.717, 1.165) is 15.6 Å². The molecule has 0 saturated heterocycles. The zero-order valence-electron chi connectivity index (χ0n) is 9.63. The molecule has 0 aliphatic rings. The number of anilines is 1. The first-order chi connectivity index (χ1) is 8.06. The molecular formula is C13H13ClFNS. The average molecular weight is 270 g/mol. The molecule has 0 radical (unpaired) electrons. The molecule has 90 valence electrons. The first-order valence-corrected chi connectivity index (χ1v) is 6.53. The van der Waals surface area contributed by atoms with Crippen LogP contribution in [0, 0.1) is 12.7 Å². The highest BCUT2D eigenvalue weighted by molar-refractivity contribution is 7.16. The van der Waals surface area contributed by atoms with Crippen molar-refractivity contribution < 1.29 is 4.39 Å². The van der Waals surface area contributed by atoms with Gasteiger partial charge in [-0.2, -0.15) is 0 Å². The summed E-state index contributed by atoms with van der Waals surface area (Å²) in [5, 5.41) is 3.35. The van der Waals surface area contributed by atoms with Crippen molar-refractivity contribution in [3.05, 3.63) is 50.9 Å². The van der Waals surface area contributed by atoms with Gasteiger partial charge in [0.2, 0.25) is 0 Å². The Labute approximate surface area is 109 Å². The van der Waals surface area contributed by atoms with Crippen LogP contribution in [-0.4, -0.2) is 0 Å². The van der Waals surface area contributed by atoms with Crippen LogP contribution in [0.15, 0.2) is 30.3 Å². The quantitative estimate of drug-likeness (QED) is 0.825. The van der Waals surface area contributed by atoms with E-state index in [9.17, 15) is 4.39 Å². The highest BCUT2D eigenvalue weighted by atomic mass is 35.5. The number of hydrogen-bond acceptors (Lipinski definition) is 2. The molecule has 0 spiro atoms. The Hall–Kier alpha value is -1.06. The number of nitrogens with one attached hydrogen (secondary N) is 1. The highest BCUT2D eigenvalue weighted by Crippen LogP contribution is 2.29. The summed E-state index contributed by atoms with van der Waals surface area (Å²) >= 11 is 7.45. The molecule has 0 aliphatic heterocycles. The van der Waals surface area contributed by atoms with Crippen LogP contribution in [0.1, 0.15) is 23.4 Å². The van der Waals surface area contributed by atoms with Gasteiger partial charge in [0, 0.05) is 10.6 Å². The summed E-state index contributed by atoms with van der Waals surface area (Å²) in [4.78, 5) is 1.17. The molecule has 1 nitrogen and oxygen atoms in total. The van der Waals surface area contributed by atoms with Crippen molar-refractivity contribution in [2.24, 2.45) is 0 Å². The second-order valence-corrected chi connectivity index (χ2v) is 5.71. The normalized spacial score (nSPS) is 12.5. The van der Waals surface area contributed by atoms with Crippen molar-refractivity contribution in [1.82, 2.24) is 0 Å². The van der Waals surface area contributed by atoms with Gasteiger partial charge in [-0.3, -0.25) is 0 Å². The molecule has 1 atom stereocenters. The smallest absolute Gasteiger partial charge is 0.123 e. The fourth-order valence-corrected chi connectivity index (χ4v) is 2.72. The van der Waals surface area contributed by atoms with Crippen LogP contribution in [0.4, 0.5) is 10.1 Å². The van der Waals surface area contributed by atoms with E-state index in [1.165, 1.54) is 17.0 Å². The number of thiophene rings is 1. The zero-order chi connectivity index (χ0) is 12.4. The fraction of sp³-hybridized carbons (Fsp3) is 0.231. The van der Waals surface area contributed by atoms with Crippen LogP contribution in [0.25, 0.3) is 0 Å². The molecule has 0 fully saturated rings. The average Bonchev–Trinajstić information content (AvgIpc) is 2.69. The Balaban J connectivity index is 2.15. The van der Waals surface area contributed by atoms with Crippen LogP contribution in [0.2, 0.25) is 4.34 Å². The third kappa shape index (κ3) is 2.99. The van der Waals surface area contributed by atoms with Gasteiger partial charge in [-0.15, -0.1) is 11.3 Å². The summed E-state index contributed by atoms with van der Waals surface area (Å²) in [6, 6.07) is 8.80. The largest absolute Gasteiger partial charge is 0.377 e. The Morgan fingerprint density at radius 3 is 2.65 bits per heavy atom. The monoisotopic (exact) mass is 269 g/mol. The molecule has 0 bridgehead atoms. The Morgan fingerprint density at radius 2 is 2.06 bits per heavy atom. The third-order valence-electron chi connectivity index (χ3n) is 2.58. The van der Waals surface area contributed by atoms with Crippen LogP contribution >= 0.6 is 22.9 Å². The van der Waals surface area contributed by atoms with Crippen molar-refractivity contribution in [2.75, 3.05) is 5.32 Å². The lowest BCUT2D eigenvalue weighted by Crippen LogP contribution is -2.06. The van der Waals surface area contributed by atoms with Crippen molar-refractivity contribution in [2.45, 2.75) is 19.9 Å². The lowest BCUT2D eigenvalue weighted by atomic mass is 10.1. The minimum atomic E-state index is -0.208. The Kier molecular flexibility index (Phi) is 3.69. The number of benzene rings is 1. The van der Waals surface area contributed by atoms with E-state index < -0.39 is 0 Å². The summed E-state index contributed by atoms with van der Waals surface area (Å²) in [6.07, 6.45) is 0. The highest BCUT2D eigenvalue weighted by Gasteiger charge is 2.09. The first kappa shape index (κ1) is 12.4. The van der Waals surface area contributed by atoms with Gasteiger partial charge in [0.25, 0.3) is 0 Å². The maximum atomic E-state index is 13.0. The molecule has 1 unspecified atom stereocenters. The van der Waals surface area contributed by atoms with E-state index in [-0.39, 0.29) is 11.9 Å². The van der Waals surface area contributed by atoms with Gasteiger partial charge in [-0.05, 0) is 49.7 Å². The molecular weight excluding hydrogens is 257 g/mol. The van der Waals surface area contributed by atoms with Crippen molar-refractivity contribution in [3.8, 4) is 0 Å².